The van der Waals surface area contributed by atoms with Gasteiger partial charge in [-0.2, -0.15) is 0 Å². The van der Waals surface area contributed by atoms with E-state index in [1.54, 1.807) is 22.6 Å². The molecule has 0 aliphatic heterocycles. The molecule has 21 heavy (non-hydrogen) atoms. The summed E-state index contributed by atoms with van der Waals surface area (Å²) in [7, 11) is 1.29. The first-order chi connectivity index (χ1) is 9.74. The number of pyridine rings is 1. The van der Waals surface area contributed by atoms with Crippen LogP contribution in [0.15, 0.2) is 18.2 Å². The van der Waals surface area contributed by atoms with Gasteiger partial charge in [0.25, 0.3) is 0 Å². The van der Waals surface area contributed by atoms with Gasteiger partial charge in [0.1, 0.15) is 11.5 Å². The monoisotopic (exact) mass is 290 g/mol. The van der Waals surface area contributed by atoms with Gasteiger partial charge in [-0.25, -0.2) is 14.6 Å². The highest BCUT2D eigenvalue weighted by Crippen LogP contribution is 2.24. The van der Waals surface area contributed by atoms with Crippen molar-refractivity contribution < 1.29 is 19.4 Å². The zero-order valence-corrected chi connectivity index (χ0v) is 12.5. The summed E-state index contributed by atoms with van der Waals surface area (Å²) in [5.41, 5.74) is 0.513. The van der Waals surface area contributed by atoms with E-state index < -0.39 is 11.9 Å². The Bertz CT molecular complexity index is 710. The minimum Gasteiger partial charge on any atom is -0.476 e. The number of ether oxygens (including phenoxy) is 1. The van der Waals surface area contributed by atoms with Gasteiger partial charge in [-0.3, -0.25) is 4.40 Å². The van der Waals surface area contributed by atoms with Gasteiger partial charge in [0.2, 0.25) is 0 Å². The number of carbonyl (C=O) groups excluding carboxylic acids is 1. The number of imidazole rings is 1. The third kappa shape index (κ3) is 2.89. The Morgan fingerprint density at radius 2 is 2.00 bits per heavy atom. The number of methoxy groups -OCH3 is 1. The lowest BCUT2D eigenvalue weighted by Gasteiger charge is -2.17. The number of fused-ring (bicyclic) bond motifs is 1. The molecule has 2 heterocycles. The van der Waals surface area contributed by atoms with E-state index in [2.05, 4.69) is 4.98 Å². The molecule has 2 aromatic rings. The first kappa shape index (κ1) is 15.0. The Balaban J connectivity index is 2.77. The van der Waals surface area contributed by atoms with Crippen molar-refractivity contribution in [2.24, 2.45) is 5.41 Å². The number of esters is 1. The van der Waals surface area contributed by atoms with Gasteiger partial charge >= 0.3 is 11.9 Å². The van der Waals surface area contributed by atoms with Crippen LogP contribution in [-0.2, 0) is 11.2 Å². The van der Waals surface area contributed by atoms with Gasteiger partial charge in [-0.05, 0) is 17.5 Å². The molecule has 0 aliphatic rings. The minimum absolute atomic E-state index is 0.0556. The van der Waals surface area contributed by atoms with Crippen LogP contribution < -0.4 is 0 Å². The van der Waals surface area contributed by atoms with E-state index in [1.807, 2.05) is 20.8 Å². The molecule has 0 atom stereocenters. The van der Waals surface area contributed by atoms with Crippen LogP contribution in [0.5, 0.6) is 0 Å². The highest BCUT2D eigenvalue weighted by molar-refractivity contribution is 5.96. The van der Waals surface area contributed by atoms with Crippen LogP contribution in [0.4, 0.5) is 0 Å². The average Bonchev–Trinajstić information content (AvgIpc) is 2.75. The van der Waals surface area contributed by atoms with Crippen LogP contribution in [0.25, 0.3) is 5.52 Å². The van der Waals surface area contributed by atoms with E-state index in [4.69, 9.17) is 4.74 Å². The van der Waals surface area contributed by atoms with Crippen molar-refractivity contribution in [3.05, 3.63) is 35.4 Å². The number of aromatic carboxylic acids is 1. The Morgan fingerprint density at radius 1 is 1.33 bits per heavy atom. The van der Waals surface area contributed by atoms with E-state index in [9.17, 15) is 14.7 Å². The maximum absolute atomic E-state index is 11.9. The molecule has 0 saturated carbocycles. The molecule has 1 N–H and O–H groups in total. The summed E-state index contributed by atoms with van der Waals surface area (Å²) in [5.74, 6) is -1.10. The van der Waals surface area contributed by atoms with Crippen LogP contribution >= 0.6 is 0 Å². The number of hydrogen-bond acceptors (Lipinski definition) is 4. The molecule has 0 aliphatic carbocycles. The molecule has 6 heteroatoms. The number of nitrogens with zero attached hydrogens (tertiary/aromatic N) is 2. The predicted octanol–water partition coefficient (Wildman–Crippen LogP) is 2.41. The number of carboxylic acid groups (broad SMARTS) is 1. The fraction of sp³-hybridized carbons (Fsp3) is 0.400. The SMILES string of the molecule is COC(=O)c1cccc2c(C(=O)O)nc(CC(C)(C)C)n12. The largest absolute Gasteiger partial charge is 0.476 e. The number of rotatable bonds is 3. The van der Waals surface area contributed by atoms with Crippen molar-refractivity contribution in [2.45, 2.75) is 27.2 Å². The number of hydrogen-bond donors (Lipinski definition) is 1. The van der Waals surface area contributed by atoms with Crippen LogP contribution in [0.1, 0.15) is 47.6 Å². The maximum Gasteiger partial charge on any atom is 0.356 e. The molecule has 0 fully saturated rings. The standard InChI is InChI=1S/C15H18N2O4/c1-15(2,3)8-11-16-12(13(18)19)9-6-5-7-10(17(9)11)14(20)21-4/h5-7H,8H2,1-4H3,(H,18,19). The van der Waals surface area contributed by atoms with Crippen molar-refractivity contribution in [3.63, 3.8) is 0 Å². The van der Waals surface area contributed by atoms with Crippen molar-refractivity contribution in [2.75, 3.05) is 7.11 Å². The van der Waals surface area contributed by atoms with Gasteiger partial charge in [0.05, 0.1) is 12.6 Å². The van der Waals surface area contributed by atoms with Crippen LogP contribution in [0, 0.1) is 5.41 Å². The van der Waals surface area contributed by atoms with E-state index in [0.29, 0.717) is 17.8 Å². The third-order valence-corrected chi connectivity index (χ3v) is 3.02. The molecule has 6 nitrogen and oxygen atoms in total. The minimum atomic E-state index is -1.12. The topological polar surface area (TPSA) is 80.9 Å². The lowest BCUT2D eigenvalue weighted by Crippen LogP contribution is -2.15. The molecular weight excluding hydrogens is 272 g/mol. The summed E-state index contributed by atoms with van der Waals surface area (Å²) in [5, 5.41) is 9.29. The third-order valence-electron chi connectivity index (χ3n) is 3.02. The smallest absolute Gasteiger partial charge is 0.356 e. The average molecular weight is 290 g/mol. The van der Waals surface area contributed by atoms with Gasteiger partial charge < -0.3 is 9.84 Å². The highest BCUT2D eigenvalue weighted by atomic mass is 16.5. The fourth-order valence-electron chi connectivity index (χ4n) is 2.22. The summed E-state index contributed by atoms with van der Waals surface area (Å²) in [6.07, 6.45) is 0.537. The second kappa shape index (κ2) is 5.20. The maximum atomic E-state index is 11.9. The second-order valence-electron chi connectivity index (χ2n) is 6.04. The molecule has 0 radical (unpaired) electrons. The van der Waals surface area contributed by atoms with Gasteiger partial charge in [-0.15, -0.1) is 0 Å². The molecule has 0 amide bonds. The number of aromatic nitrogens is 2. The van der Waals surface area contributed by atoms with E-state index in [1.165, 1.54) is 7.11 Å². The van der Waals surface area contributed by atoms with Crippen LogP contribution in [0.2, 0.25) is 0 Å². The second-order valence-corrected chi connectivity index (χ2v) is 6.04. The Kier molecular flexibility index (Phi) is 3.72. The number of carboxylic acids is 1. The molecular formula is C15H18N2O4. The van der Waals surface area contributed by atoms with Crippen molar-refractivity contribution >= 4 is 17.5 Å². The highest BCUT2D eigenvalue weighted by Gasteiger charge is 2.24. The molecule has 0 bridgehead atoms. The summed E-state index contributed by atoms with van der Waals surface area (Å²) in [6, 6.07) is 4.85. The molecule has 2 aromatic heterocycles. The van der Waals surface area contributed by atoms with Gasteiger partial charge in [0.15, 0.2) is 5.69 Å². The first-order valence-electron chi connectivity index (χ1n) is 6.56. The summed E-state index contributed by atoms with van der Waals surface area (Å²) in [6.45, 7) is 6.07. The molecule has 112 valence electrons. The molecule has 0 saturated heterocycles. The van der Waals surface area contributed by atoms with Crippen molar-refractivity contribution in [1.82, 2.24) is 9.38 Å². The number of carbonyl (C=O) groups is 2. The summed E-state index contributed by atoms with van der Waals surface area (Å²) in [4.78, 5) is 27.5. The normalized spacial score (nSPS) is 11.6. The fourth-order valence-corrected chi connectivity index (χ4v) is 2.22. The lowest BCUT2D eigenvalue weighted by molar-refractivity contribution is 0.0590. The van der Waals surface area contributed by atoms with Crippen LogP contribution in [0.3, 0.4) is 0 Å². The molecule has 0 aromatic carbocycles. The summed E-state index contributed by atoms with van der Waals surface area (Å²) < 4.78 is 6.33. The Morgan fingerprint density at radius 3 is 2.52 bits per heavy atom. The predicted molar refractivity (Wildman–Crippen MR) is 76.6 cm³/mol. The van der Waals surface area contributed by atoms with Crippen molar-refractivity contribution in [3.8, 4) is 0 Å². The Hall–Kier alpha value is -2.37. The first-order valence-corrected chi connectivity index (χ1v) is 6.56. The van der Waals surface area contributed by atoms with Gasteiger partial charge in [0, 0.05) is 6.42 Å². The van der Waals surface area contributed by atoms with E-state index in [0.717, 1.165) is 0 Å². The lowest BCUT2D eigenvalue weighted by atomic mass is 9.92. The molecule has 0 unspecified atom stereocenters. The zero-order chi connectivity index (χ0) is 15.8. The van der Waals surface area contributed by atoms with E-state index in [-0.39, 0.29) is 16.8 Å². The molecule has 2 rings (SSSR count). The van der Waals surface area contributed by atoms with E-state index >= 15 is 0 Å². The van der Waals surface area contributed by atoms with Gasteiger partial charge in [-0.1, -0.05) is 26.8 Å². The Labute approximate surface area is 122 Å². The quantitative estimate of drug-likeness (QED) is 0.878. The van der Waals surface area contributed by atoms with Crippen molar-refractivity contribution in [1.29, 1.82) is 0 Å². The molecule has 0 spiro atoms. The zero-order valence-electron chi connectivity index (χ0n) is 12.5. The summed E-state index contributed by atoms with van der Waals surface area (Å²) >= 11 is 0. The van der Waals surface area contributed by atoms with Crippen LogP contribution in [-0.4, -0.2) is 33.5 Å².